The van der Waals surface area contributed by atoms with Crippen LogP contribution in [0.3, 0.4) is 0 Å². The Balaban J connectivity index is 1.54. The van der Waals surface area contributed by atoms with E-state index in [2.05, 4.69) is 5.32 Å². The van der Waals surface area contributed by atoms with Crippen molar-refractivity contribution in [3.63, 3.8) is 0 Å². The lowest BCUT2D eigenvalue weighted by atomic mass is 9.82. The first kappa shape index (κ1) is 17.5. The molecular weight excluding hydrogens is 318 g/mol. The molecule has 1 aliphatic carbocycles. The molecule has 2 unspecified atom stereocenters. The van der Waals surface area contributed by atoms with Crippen LogP contribution in [0.5, 0.6) is 0 Å². The summed E-state index contributed by atoms with van der Waals surface area (Å²) in [7, 11) is 1.74. The molecule has 2 fully saturated rings. The Hall–Kier alpha value is -2.37. The van der Waals surface area contributed by atoms with Gasteiger partial charge in [-0.25, -0.2) is 4.79 Å². The number of rotatable bonds is 5. The number of urea groups is 1. The average Bonchev–Trinajstić information content (AvgIpc) is 2.62. The van der Waals surface area contributed by atoms with E-state index in [-0.39, 0.29) is 42.8 Å². The maximum atomic E-state index is 12.6. The van der Waals surface area contributed by atoms with Gasteiger partial charge in [0.25, 0.3) is 0 Å². The number of hydrogen-bond donors (Lipinski definition) is 1. The Morgan fingerprint density at radius 2 is 1.92 bits per heavy atom. The van der Waals surface area contributed by atoms with Gasteiger partial charge in [0.1, 0.15) is 0 Å². The van der Waals surface area contributed by atoms with Crippen LogP contribution < -0.4 is 5.32 Å². The van der Waals surface area contributed by atoms with E-state index >= 15 is 0 Å². The molecule has 0 radical (unpaired) electrons. The van der Waals surface area contributed by atoms with E-state index in [4.69, 9.17) is 0 Å². The minimum atomic E-state index is -0.355. The second kappa shape index (κ2) is 7.68. The standard InChI is InChI=1S/C19H25N3O3/c1-21(13-14-7-3-2-4-8-14)17(23)11-12-22-18(24)15-9-5-6-10-16(15)20-19(22)25/h2-4,7-8,15-16H,5-6,9-13H2,1H3,(H,20,25). The Bertz CT molecular complexity index is 647. The SMILES string of the molecule is CN(Cc1ccccc1)C(=O)CCN1C(=O)NC2CCCCC2C1=O. The number of carbonyl (C=O) groups excluding carboxylic acids is 3. The number of imide groups is 1. The fourth-order valence-electron chi connectivity index (χ4n) is 3.69. The summed E-state index contributed by atoms with van der Waals surface area (Å²) in [5, 5.41) is 2.93. The van der Waals surface area contributed by atoms with Gasteiger partial charge in [0, 0.05) is 32.6 Å². The van der Waals surface area contributed by atoms with Crippen molar-refractivity contribution in [1.29, 1.82) is 0 Å². The van der Waals surface area contributed by atoms with Crippen LogP contribution in [-0.4, -0.2) is 47.3 Å². The summed E-state index contributed by atoms with van der Waals surface area (Å²) in [6, 6.07) is 9.36. The van der Waals surface area contributed by atoms with Crippen LogP contribution in [0.15, 0.2) is 30.3 Å². The van der Waals surface area contributed by atoms with Crippen LogP contribution in [0.2, 0.25) is 0 Å². The molecule has 2 aliphatic rings. The first-order valence-electron chi connectivity index (χ1n) is 8.96. The smallest absolute Gasteiger partial charge is 0.324 e. The van der Waals surface area contributed by atoms with Crippen LogP contribution >= 0.6 is 0 Å². The second-order valence-corrected chi connectivity index (χ2v) is 6.92. The topological polar surface area (TPSA) is 69.7 Å². The van der Waals surface area contributed by atoms with Gasteiger partial charge < -0.3 is 10.2 Å². The third-order valence-electron chi connectivity index (χ3n) is 5.14. The van der Waals surface area contributed by atoms with E-state index in [0.29, 0.717) is 6.54 Å². The molecule has 0 bridgehead atoms. The maximum Gasteiger partial charge on any atom is 0.324 e. The molecule has 4 amide bonds. The molecule has 25 heavy (non-hydrogen) atoms. The average molecular weight is 343 g/mol. The van der Waals surface area contributed by atoms with Crippen molar-refractivity contribution in [2.75, 3.05) is 13.6 Å². The molecular formula is C19H25N3O3. The lowest BCUT2D eigenvalue weighted by Crippen LogP contribution is -2.61. The monoisotopic (exact) mass is 343 g/mol. The molecule has 1 aromatic carbocycles. The van der Waals surface area contributed by atoms with Crippen molar-refractivity contribution < 1.29 is 14.4 Å². The van der Waals surface area contributed by atoms with Gasteiger partial charge in [-0.05, 0) is 18.4 Å². The van der Waals surface area contributed by atoms with Gasteiger partial charge in [-0.3, -0.25) is 14.5 Å². The summed E-state index contributed by atoms with van der Waals surface area (Å²) in [6.45, 7) is 0.663. The number of nitrogens with one attached hydrogen (secondary N) is 1. The number of benzene rings is 1. The molecule has 1 saturated heterocycles. The predicted molar refractivity (Wildman–Crippen MR) is 93.5 cm³/mol. The highest BCUT2D eigenvalue weighted by molar-refractivity contribution is 5.99. The number of amides is 4. The first-order valence-corrected chi connectivity index (χ1v) is 8.96. The van der Waals surface area contributed by atoms with E-state index in [0.717, 1.165) is 31.2 Å². The van der Waals surface area contributed by atoms with Gasteiger partial charge in [-0.2, -0.15) is 0 Å². The molecule has 1 aliphatic heterocycles. The lowest BCUT2D eigenvalue weighted by molar-refractivity contribution is -0.137. The van der Waals surface area contributed by atoms with Gasteiger partial charge in [-0.15, -0.1) is 0 Å². The summed E-state index contributed by atoms with van der Waals surface area (Å²) in [4.78, 5) is 40.0. The summed E-state index contributed by atoms with van der Waals surface area (Å²) in [5.41, 5.74) is 1.05. The maximum absolute atomic E-state index is 12.6. The third-order valence-corrected chi connectivity index (χ3v) is 5.14. The van der Waals surface area contributed by atoms with Crippen molar-refractivity contribution in [3.05, 3.63) is 35.9 Å². The number of carbonyl (C=O) groups is 3. The molecule has 6 nitrogen and oxygen atoms in total. The summed E-state index contributed by atoms with van der Waals surface area (Å²) >= 11 is 0. The zero-order valence-corrected chi connectivity index (χ0v) is 14.6. The normalized spacial score (nSPS) is 23.0. The van der Waals surface area contributed by atoms with Crippen LogP contribution in [0.1, 0.15) is 37.7 Å². The predicted octanol–water partition coefficient (Wildman–Crippen LogP) is 2.15. The van der Waals surface area contributed by atoms with E-state index < -0.39 is 0 Å². The van der Waals surface area contributed by atoms with Crippen molar-refractivity contribution in [1.82, 2.24) is 15.1 Å². The quantitative estimate of drug-likeness (QED) is 0.890. The highest BCUT2D eigenvalue weighted by Crippen LogP contribution is 2.29. The largest absolute Gasteiger partial charge is 0.341 e. The van der Waals surface area contributed by atoms with Gasteiger partial charge in [-0.1, -0.05) is 43.2 Å². The van der Waals surface area contributed by atoms with Crippen LogP contribution in [0.25, 0.3) is 0 Å². The zero-order valence-electron chi connectivity index (χ0n) is 14.6. The summed E-state index contributed by atoms with van der Waals surface area (Å²) < 4.78 is 0. The molecule has 2 atom stereocenters. The zero-order chi connectivity index (χ0) is 17.8. The molecule has 1 N–H and O–H groups in total. The second-order valence-electron chi connectivity index (χ2n) is 6.92. The molecule has 1 aromatic rings. The molecule has 134 valence electrons. The fourth-order valence-corrected chi connectivity index (χ4v) is 3.69. The first-order chi connectivity index (χ1) is 12.1. The van der Waals surface area contributed by atoms with Crippen molar-refractivity contribution in [2.45, 2.75) is 44.7 Å². The van der Waals surface area contributed by atoms with Crippen LogP contribution in [0, 0.1) is 5.92 Å². The Morgan fingerprint density at radius 3 is 2.68 bits per heavy atom. The Morgan fingerprint density at radius 1 is 1.20 bits per heavy atom. The Kier molecular flexibility index (Phi) is 5.36. The molecule has 6 heteroatoms. The highest BCUT2D eigenvalue weighted by atomic mass is 16.2. The number of hydrogen-bond acceptors (Lipinski definition) is 3. The molecule has 1 heterocycles. The molecule has 0 aromatic heterocycles. The number of fused-ring (bicyclic) bond motifs is 1. The molecule has 1 saturated carbocycles. The van der Waals surface area contributed by atoms with Crippen LogP contribution in [0.4, 0.5) is 4.79 Å². The van der Waals surface area contributed by atoms with Gasteiger partial charge >= 0.3 is 6.03 Å². The van der Waals surface area contributed by atoms with Crippen molar-refractivity contribution >= 4 is 17.8 Å². The van der Waals surface area contributed by atoms with Gasteiger partial charge in [0.15, 0.2) is 0 Å². The summed E-state index contributed by atoms with van der Waals surface area (Å²) in [5.74, 6) is -0.314. The molecule has 0 spiro atoms. The van der Waals surface area contributed by atoms with E-state index in [1.807, 2.05) is 30.3 Å². The van der Waals surface area contributed by atoms with Crippen molar-refractivity contribution in [2.24, 2.45) is 5.92 Å². The van der Waals surface area contributed by atoms with E-state index in [1.54, 1.807) is 11.9 Å². The third kappa shape index (κ3) is 4.00. The Labute approximate surface area is 148 Å². The number of nitrogens with zero attached hydrogens (tertiary/aromatic N) is 2. The van der Waals surface area contributed by atoms with E-state index in [1.165, 1.54) is 4.90 Å². The fraction of sp³-hybridized carbons (Fsp3) is 0.526. The van der Waals surface area contributed by atoms with Gasteiger partial charge in [0.2, 0.25) is 11.8 Å². The van der Waals surface area contributed by atoms with Crippen molar-refractivity contribution in [3.8, 4) is 0 Å². The molecule has 3 rings (SSSR count). The summed E-state index contributed by atoms with van der Waals surface area (Å²) in [6.07, 6.45) is 3.92. The highest BCUT2D eigenvalue weighted by Gasteiger charge is 2.41. The van der Waals surface area contributed by atoms with E-state index in [9.17, 15) is 14.4 Å². The van der Waals surface area contributed by atoms with Crippen LogP contribution in [-0.2, 0) is 16.1 Å². The minimum absolute atomic E-state index is 0.0264. The lowest BCUT2D eigenvalue weighted by Gasteiger charge is -2.40. The minimum Gasteiger partial charge on any atom is -0.341 e. The van der Waals surface area contributed by atoms with Gasteiger partial charge in [0.05, 0.1) is 5.92 Å².